The molecule has 0 N–H and O–H groups in total. The summed E-state index contributed by atoms with van der Waals surface area (Å²) in [6.45, 7) is 25.6. The first-order valence-electron chi connectivity index (χ1n) is 8.91. The Hall–Kier alpha value is 0. The van der Waals surface area contributed by atoms with Crippen LogP contribution < -0.4 is 0 Å². The second kappa shape index (κ2) is 23.1. The highest BCUT2D eigenvalue weighted by molar-refractivity contribution is 4.71. The summed E-state index contributed by atoms with van der Waals surface area (Å²) in [6.07, 6.45) is 4.39. The van der Waals surface area contributed by atoms with Gasteiger partial charge in [-0.25, -0.2) is 0 Å². The highest BCUT2D eigenvalue weighted by Crippen LogP contribution is 2.31. The van der Waals surface area contributed by atoms with Crippen LogP contribution in [0.1, 0.15) is 102 Å². The maximum absolute atomic E-state index is 2.38. The fourth-order valence-corrected chi connectivity index (χ4v) is 2.35. The minimum atomic E-state index is 0.833. The quantitative estimate of drug-likeness (QED) is 0.422. The number of hydrogen-bond acceptors (Lipinski definition) is 0. The summed E-state index contributed by atoms with van der Waals surface area (Å²) >= 11 is 0. The van der Waals surface area contributed by atoms with Crippen molar-refractivity contribution >= 4 is 0 Å². The number of hydrogen-bond donors (Lipinski definition) is 0. The van der Waals surface area contributed by atoms with E-state index in [1.54, 1.807) is 0 Å². The maximum atomic E-state index is 2.38. The van der Waals surface area contributed by atoms with Crippen molar-refractivity contribution in [3.05, 3.63) is 0 Å². The Morgan fingerprint density at radius 1 is 0.526 bits per heavy atom. The van der Waals surface area contributed by atoms with Crippen LogP contribution in [-0.2, 0) is 0 Å². The standard InChI is InChI=1S/C9H18.C4H10.3C2H6/c1-7-4-8(2)6-9(3)5-7;1-4(2)3;3*1-2/h7-9H,4-6H2,1-3H3;4H,1-3H3;3*1-2H3. The van der Waals surface area contributed by atoms with Crippen LogP contribution >= 0.6 is 0 Å². The van der Waals surface area contributed by atoms with Gasteiger partial charge in [0.25, 0.3) is 0 Å². The SMILES string of the molecule is CC.CC.CC.CC(C)C.CC1CC(C)CC(C)C1. The molecular formula is C19H46. The first kappa shape index (κ1) is 27.4. The third-order valence-electron chi connectivity index (χ3n) is 2.41. The van der Waals surface area contributed by atoms with Crippen molar-refractivity contribution in [2.75, 3.05) is 0 Å². The summed E-state index contributed by atoms with van der Waals surface area (Å²) in [6, 6.07) is 0. The third kappa shape index (κ3) is 32.0. The molecule has 0 unspecified atom stereocenters. The molecule has 0 heteroatoms. The Morgan fingerprint density at radius 3 is 0.737 bits per heavy atom. The molecule has 1 fully saturated rings. The summed E-state index contributed by atoms with van der Waals surface area (Å²) in [5.41, 5.74) is 0. The summed E-state index contributed by atoms with van der Waals surface area (Å²) in [7, 11) is 0. The zero-order chi connectivity index (χ0) is 16.4. The predicted octanol–water partition coefficient (Wildman–Crippen LogP) is 7.82. The van der Waals surface area contributed by atoms with Gasteiger partial charge in [0.15, 0.2) is 0 Å². The van der Waals surface area contributed by atoms with Gasteiger partial charge in [0.2, 0.25) is 0 Å². The lowest BCUT2D eigenvalue weighted by atomic mass is 9.78. The van der Waals surface area contributed by atoms with Crippen LogP contribution in [0.3, 0.4) is 0 Å². The molecule has 0 aromatic rings. The van der Waals surface area contributed by atoms with Gasteiger partial charge in [-0.2, -0.15) is 0 Å². The molecule has 0 nitrogen and oxygen atoms in total. The van der Waals surface area contributed by atoms with Gasteiger partial charge in [0, 0.05) is 0 Å². The lowest BCUT2D eigenvalue weighted by Gasteiger charge is -2.28. The van der Waals surface area contributed by atoms with E-state index in [1.807, 2.05) is 41.5 Å². The molecule has 0 amide bonds. The molecule has 0 aromatic heterocycles. The Kier molecular flexibility index (Phi) is 33.3. The van der Waals surface area contributed by atoms with E-state index in [-0.39, 0.29) is 0 Å². The van der Waals surface area contributed by atoms with Crippen molar-refractivity contribution in [3.63, 3.8) is 0 Å². The average molecular weight is 275 g/mol. The van der Waals surface area contributed by atoms with Crippen molar-refractivity contribution < 1.29 is 0 Å². The highest BCUT2D eigenvalue weighted by atomic mass is 14.3. The predicted molar refractivity (Wildman–Crippen MR) is 95.9 cm³/mol. The van der Waals surface area contributed by atoms with E-state index in [9.17, 15) is 0 Å². The molecule has 0 atom stereocenters. The topological polar surface area (TPSA) is 0 Å². The molecular weight excluding hydrogens is 228 g/mol. The molecule has 0 saturated heterocycles. The molecule has 1 aliphatic carbocycles. The Labute approximate surface area is 126 Å². The highest BCUT2D eigenvalue weighted by Gasteiger charge is 2.19. The zero-order valence-electron chi connectivity index (χ0n) is 16.4. The summed E-state index contributed by atoms with van der Waals surface area (Å²) in [5, 5.41) is 0. The largest absolute Gasteiger partial charge is 0.0683 e. The average Bonchev–Trinajstić information content (AvgIpc) is 2.34. The van der Waals surface area contributed by atoms with E-state index in [2.05, 4.69) is 41.5 Å². The van der Waals surface area contributed by atoms with Crippen LogP contribution in [0.15, 0.2) is 0 Å². The molecule has 0 heterocycles. The second-order valence-corrected chi connectivity index (χ2v) is 5.75. The van der Waals surface area contributed by atoms with Crippen molar-refractivity contribution in [1.82, 2.24) is 0 Å². The third-order valence-corrected chi connectivity index (χ3v) is 2.41. The first-order chi connectivity index (χ1) is 8.91. The van der Waals surface area contributed by atoms with E-state index in [0.717, 1.165) is 23.7 Å². The van der Waals surface area contributed by atoms with Crippen LogP contribution in [0, 0.1) is 23.7 Å². The summed E-state index contributed by atoms with van der Waals surface area (Å²) < 4.78 is 0. The van der Waals surface area contributed by atoms with Gasteiger partial charge in [-0.15, -0.1) is 0 Å². The molecule has 0 radical (unpaired) electrons. The molecule has 1 aliphatic rings. The van der Waals surface area contributed by atoms with Crippen LogP contribution in [0.2, 0.25) is 0 Å². The van der Waals surface area contributed by atoms with Crippen LogP contribution in [0.25, 0.3) is 0 Å². The first-order valence-corrected chi connectivity index (χ1v) is 8.91. The van der Waals surface area contributed by atoms with E-state index >= 15 is 0 Å². The van der Waals surface area contributed by atoms with Crippen molar-refractivity contribution in [1.29, 1.82) is 0 Å². The Balaban J connectivity index is -0.0000000957. The van der Waals surface area contributed by atoms with Crippen molar-refractivity contribution in [2.45, 2.75) is 102 Å². The van der Waals surface area contributed by atoms with Gasteiger partial charge in [0.05, 0.1) is 0 Å². The summed E-state index contributed by atoms with van der Waals surface area (Å²) in [4.78, 5) is 0. The second-order valence-electron chi connectivity index (χ2n) is 5.75. The molecule has 0 aliphatic heterocycles. The van der Waals surface area contributed by atoms with Crippen LogP contribution in [-0.4, -0.2) is 0 Å². The van der Waals surface area contributed by atoms with E-state index < -0.39 is 0 Å². The van der Waals surface area contributed by atoms with Gasteiger partial charge in [0.1, 0.15) is 0 Å². The zero-order valence-corrected chi connectivity index (χ0v) is 16.4. The van der Waals surface area contributed by atoms with Gasteiger partial charge in [-0.1, -0.05) is 83.1 Å². The van der Waals surface area contributed by atoms with Crippen LogP contribution in [0.4, 0.5) is 0 Å². The van der Waals surface area contributed by atoms with Crippen molar-refractivity contribution in [3.8, 4) is 0 Å². The van der Waals surface area contributed by atoms with Gasteiger partial charge >= 0.3 is 0 Å². The van der Waals surface area contributed by atoms with Crippen molar-refractivity contribution in [2.24, 2.45) is 23.7 Å². The molecule has 1 saturated carbocycles. The Bertz CT molecular complexity index is 87.4. The maximum Gasteiger partial charge on any atom is -0.0438 e. The lowest BCUT2D eigenvalue weighted by molar-refractivity contribution is 0.233. The van der Waals surface area contributed by atoms with Gasteiger partial charge in [-0.05, 0) is 42.9 Å². The smallest absolute Gasteiger partial charge is 0.0438 e. The number of rotatable bonds is 0. The Morgan fingerprint density at radius 2 is 0.632 bits per heavy atom. The molecule has 19 heavy (non-hydrogen) atoms. The van der Waals surface area contributed by atoms with E-state index in [0.29, 0.717) is 0 Å². The monoisotopic (exact) mass is 274 g/mol. The summed E-state index contributed by atoms with van der Waals surface area (Å²) in [5.74, 6) is 3.80. The molecule has 0 spiro atoms. The molecule has 0 bridgehead atoms. The normalized spacial score (nSPS) is 24.2. The lowest BCUT2D eigenvalue weighted by Crippen LogP contribution is -2.16. The molecule has 1 rings (SSSR count). The van der Waals surface area contributed by atoms with E-state index in [1.165, 1.54) is 19.3 Å². The van der Waals surface area contributed by atoms with Gasteiger partial charge < -0.3 is 0 Å². The molecule has 0 aromatic carbocycles. The fourth-order valence-electron chi connectivity index (χ4n) is 2.35. The fraction of sp³-hybridized carbons (Fsp3) is 1.00. The minimum Gasteiger partial charge on any atom is -0.0683 e. The minimum absolute atomic E-state index is 0.833. The van der Waals surface area contributed by atoms with Gasteiger partial charge in [-0.3, -0.25) is 0 Å². The van der Waals surface area contributed by atoms with E-state index in [4.69, 9.17) is 0 Å². The molecule has 122 valence electrons. The van der Waals surface area contributed by atoms with Crippen LogP contribution in [0.5, 0.6) is 0 Å².